The molecule has 5 heteroatoms. The number of ether oxygens (including phenoxy) is 2. The van der Waals surface area contributed by atoms with Gasteiger partial charge in [-0.3, -0.25) is 4.79 Å². The molecular weight excluding hydrogens is 256 g/mol. The molecule has 5 nitrogen and oxygen atoms in total. The van der Waals surface area contributed by atoms with Gasteiger partial charge in [0, 0.05) is 26.9 Å². The van der Waals surface area contributed by atoms with Crippen LogP contribution in [0.2, 0.25) is 0 Å². The molecule has 1 aromatic carbocycles. The van der Waals surface area contributed by atoms with Gasteiger partial charge in [-0.15, -0.1) is 0 Å². The molecule has 1 amide bonds. The van der Waals surface area contributed by atoms with Crippen LogP contribution in [-0.2, 0) is 27.4 Å². The van der Waals surface area contributed by atoms with Crippen molar-refractivity contribution in [1.82, 2.24) is 5.32 Å². The van der Waals surface area contributed by atoms with Gasteiger partial charge in [0.1, 0.15) is 0 Å². The summed E-state index contributed by atoms with van der Waals surface area (Å²) in [5.41, 5.74) is 7.90. The summed E-state index contributed by atoms with van der Waals surface area (Å²) >= 11 is 0. The van der Waals surface area contributed by atoms with Crippen molar-refractivity contribution in [2.75, 3.05) is 20.3 Å². The highest BCUT2D eigenvalue weighted by Crippen LogP contribution is 2.10. The maximum Gasteiger partial charge on any atom is 0.237 e. The van der Waals surface area contributed by atoms with E-state index in [4.69, 9.17) is 15.2 Å². The minimum Gasteiger partial charge on any atom is -0.385 e. The fourth-order valence-electron chi connectivity index (χ4n) is 1.77. The van der Waals surface area contributed by atoms with Gasteiger partial charge in [0.05, 0.1) is 12.6 Å². The van der Waals surface area contributed by atoms with E-state index in [-0.39, 0.29) is 5.91 Å². The van der Waals surface area contributed by atoms with Gasteiger partial charge in [0.15, 0.2) is 0 Å². The molecule has 3 N–H and O–H groups in total. The molecule has 0 fully saturated rings. The first-order chi connectivity index (χ1) is 9.69. The standard InChI is InChI=1S/C15H24N2O3/c1-3-20-11-13-7-5-4-6-12(13)10-17-15(18)14(16)8-9-19-2/h4-7,14H,3,8-11,16H2,1-2H3,(H,17,18). The van der Waals surface area contributed by atoms with Crippen LogP contribution in [0, 0.1) is 0 Å². The Morgan fingerprint density at radius 3 is 2.70 bits per heavy atom. The van der Waals surface area contributed by atoms with Gasteiger partial charge in [-0.2, -0.15) is 0 Å². The summed E-state index contributed by atoms with van der Waals surface area (Å²) in [5.74, 6) is -0.159. The molecule has 20 heavy (non-hydrogen) atoms. The number of nitrogens with one attached hydrogen (secondary N) is 1. The number of amides is 1. The molecule has 0 aliphatic heterocycles. The van der Waals surface area contributed by atoms with Crippen LogP contribution in [0.4, 0.5) is 0 Å². The van der Waals surface area contributed by atoms with Crippen molar-refractivity contribution < 1.29 is 14.3 Å². The highest BCUT2D eigenvalue weighted by molar-refractivity contribution is 5.81. The molecule has 112 valence electrons. The minimum absolute atomic E-state index is 0.159. The normalized spacial score (nSPS) is 12.2. The Kier molecular flexibility index (Phi) is 7.87. The topological polar surface area (TPSA) is 73.6 Å². The maximum atomic E-state index is 11.8. The molecule has 0 aromatic heterocycles. The summed E-state index contributed by atoms with van der Waals surface area (Å²) < 4.78 is 10.3. The number of hydrogen-bond acceptors (Lipinski definition) is 4. The van der Waals surface area contributed by atoms with Crippen LogP contribution < -0.4 is 11.1 Å². The van der Waals surface area contributed by atoms with Crippen LogP contribution >= 0.6 is 0 Å². The molecular formula is C15H24N2O3. The van der Waals surface area contributed by atoms with Crippen molar-refractivity contribution in [2.24, 2.45) is 5.73 Å². The Balaban J connectivity index is 2.50. The van der Waals surface area contributed by atoms with Crippen molar-refractivity contribution in [1.29, 1.82) is 0 Å². The molecule has 1 atom stereocenters. The zero-order valence-corrected chi connectivity index (χ0v) is 12.2. The largest absolute Gasteiger partial charge is 0.385 e. The number of hydrogen-bond donors (Lipinski definition) is 2. The summed E-state index contributed by atoms with van der Waals surface area (Å²) in [6, 6.07) is 7.36. The first kappa shape index (κ1) is 16.6. The Morgan fingerprint density at radius 2 is 2.05 bits per heavy atom. The molecule has 0 aliphatic carbocycles. The van der Waals surface area contributed by atoms with E-state index in [2.05, 4.69) is 5.32 Å². The van der Waals surface area contributed by atoms with Gasteiger partial charge in [0.2, 0.25) is 5.91 Å². The van der Waals surface area contributed by atoms with E-state index in [1.165, 1.54) is 0 Å². The molecule has 0 radical (unpaired) electrons. The van der Waals surface area contributed by atoms with E-state index >= 15 is 0 Å². The second-order valence-corrected chi connectivity index (χ2v) is 4.51. The highest BCUT2D eigenvalue weighted by atomic mass is 16.5. The van der Waals surface area contributed by atoms with Gasteiger partial charge in [-0.1, -0.05) is 24.3 Å². The van der Waals surface area contributed by atoms with Crippen LogP contribution in [0.25, 0.3) is 0 Å². The lowest BCUT2D eigenvalue weighted by molar-refractivity contribution is -0.122. The van der Waals surface area contributed by atoms with Crippen LogP contribution in [0.15, 0.2) is 24.3 Å². The molecule has 1 aromatic rings. The third-order valence-electron chi connectivity index (χ3n) is 3.00. The van der Waals surface area contributed by atoms with E-state index in [9.17, 15) is 4.79 Å². The predicted molar refractivity (Wildman–Crippen MR) is 78.1 cm³/mol. The Hall–Kier alpha value is -1.43. The summed E-state index contributed by atoms with van der Waals surface area (Å²) in [6.45, 7) is 4.12. The second-order valence-electron chi connectivity index (χ2n) is 4.51. The van der Waals surface area contributed by atoms with E-state index < -0.39 is 6.04 Å². The van der Waals surface area contributed by atoms with Crippen molar-refractivity contribution in [3.05, 3.63) is 35.4 Å². The van der Waals surface area contributed by atoms with Crippen LogP contribution in [0.3, 0.4) is 0 Å². The van der Waals surface area contributed by atoms with Crippen LogP contribution in [0.1, 0.15) is 24.5 Å². The number of carbonyl (C=O) groups excluding carboxylic acids is 1. The van der Waals surface area contributed by atoms with Crippen molar-refractivity contribution in [3.8, 4) is 0 Å². The molecule has 1 unspecified atom stereocenters. The summed E-state index contributed by atoms with van der Waals surface area (Å²) in [5, 5.41) is 2.85. The Labute approximate surface area is 120 Å². The molecule has 0 bridgehead atoms. The second kappa shape index (κ2) is 9.47. The van der Waals surface area contributed by atoms with E-state index in [0.29, 0.717) is 32.8 Å². The number of methoxy groups -OCH3 is 1. The van der Waals surface area contributed by atoms with Gasteiger partial charge >= 0.3 is 0 Å². The SMILES string of the molecule is CCOCc1ccccc1CNC(=O)C(N)CCOC. The van der Waals surface area contributed by atoms with Crippen LogP contribution in [0.5, 0.6) is 0 Å². The number of rotatable bonds is 9. The quantitative estimate of drug-likeness (QED) is 0.713. The molecule has 1 rings (SSSR count). The van der Waals surface area contributed by atoms with E-state index in [1.54, 1.807) is 7.11 Å². The Bertz CT molecular complexity index is 410. The van der Waals surface area contributed by atoms with E-state index in [0.717, 1.165) is 11.1 Å². The predicted octanol–water partition coefficient (Wildman–Crippen LogP) is 1.20. The molecule has 0 saturated carbocycles. The number of benzene rings is 1. The van der Waals surface area contributed by atoms with Crippen molar-refractivity contribution in [3.63, 3.8) is 0 Å². The average Bonchev–Trinajstić information content (AvgIpc) is 2.48. The summed E-state index contributed by atoms with van der Waals surface area (Å²) in [6.07, 6.45) is 0.517. The first-order valence-electron chi connectivity index (χ1n) is 6.85. The zero-order chi connectivity index (χ0) is 14.8. The lowest BCUT2D eigenvalue weighted by Crippen LogP contribution is -2.41. The smallest absolute Gasteiger partial charge is 0.237 e. The summed E-state index contributed by atoms with van der Waals surface area (Å²) in [4.78, 5) is 11.8. The first-order valence-corrected chi connectivity index (χ1v) is 6.85. The average molecular weight is 280 g/mol. The number of nitrogens with two attached hydrogens (primary N) is 1. The molecule has 0 spiro atoms. The third kappa shape index (κ3) is 5.69. The van der Waals surface area contributed by atoms with Crippen LogP contribution in [-0.4, -0.2) is 32.3 Å². The summed E-state index contributed by atoms with van der Waals surface area (Å²) in [7, 11) is 1.59. The Morgan fingerprint density at radius 1 is 1.35 bits per heavy atom. The lowest BCUT2D eigenvalue weighted by Gasteiger charge is -2.14. The minimum atomic E-state index is -0.533. The van der Waals surface area contributed by atoms with Gasteiger partial charge in [-0.25, -0.2) is 0 Å². The fourth-order valence-corrected chi connectivity index (χ4v) is 1.77. The monoisotopic (exact) mass is 280 g/mol. The zero-order valence-electron chi connectivity index (χ0n) is 12.2. The third-order valence-corrected chi connectivity index (χ3v) is 3.00. The van der Waals surface area contributed by atoms with Gasteiger partial charge < -0.3 is 20.5 Å². The fraction of sp³-hybridized carbons (Fsp3) is 0.533. The molecule has 0 heterocycles. The lowest BCUT2D eigenvalue weighted by atomic mass is 10.1. The van der Waals surface area contributed by atoms with Gasteiger partial charge in [-0.05, 0) is 24.5 Å². The van der Waals surface area contributed by atoms with Crippen molar-refractivity contribution in [2.45, 2.75) is 32.5 Å². The van der Waals surface area contributed by atoms with Gasteiger partial charge in [0.25, 0.3) is 0 Å². The molecule has 0 aliphatic rings. The van der Waals surface area contributed by atoms with Crippen molar-refractivity contribution >= 4 is 5.91 Å². The maximum absolute atomic E-state index is 11.8. The highest BCUT2D eigenvalue weighted by Gasteiger charge is 2.13. The number of carbonyl (C=O) groups is 1. The molecule has 0 saturated heterocycles. The van der Waals surface area contributed by atoms with E-state index in [1.807, 2.05) is 31.2 Å².